The number of hydrogen-bond acceptors (Lipinski definition) is 3. The van der Waals surface area contributed by atoms with Gasteiger partial charge in [-0.3, -0.25) is 9.69 Å². The van der Waals surface area contributed by atoms with Crippen molar-refractivity contribution in [2.45, 2.75) is 40.2 Å². The van der Waals surface area contributed by atoms with Crippen molar-refractivity contribution in [3.63, 3.8) is 0 Å². The number of carbonyl (C=O) groups is 1. The molecule has 4 heteroatoms. The molecule has 0 heterocycles. The fourth-order valence-corrected chi connectivity index (χ4v) is 3.44. The number of nitrogens with zero attached hydrogens (tertiary/aromatic N) is 1. The molecule has 0 aliphatic rings. The van der Waals surface area contributed by atoms with Gasteiger partial charge in [0.2, 0.25) is 0 Å². The Hall–Kier alpha value is -2.95. The number of nitrogens with one attached hydrogen (secondary N) is 1. The Balaban J connectivity index is 1.48. The molecule has 1 amide bonds. The molecule has 0 aliphatic carbocycles. The maximum atomic E-state index is 12.5. The van der Waals surface area contributed by atoms with Crippen LogP contribution < -0.4 is 5.32 Å². The normalized spacial score (nSPS) is 10.9. The molecule has 162 valence electrons. The summed E-state index contributed by atoms with van der Waals surface area (Å²) in [6.45, 7) is 8.91. The predicted molar refractivity (Wildman–Crippen MR) is 126 cm³/mol. The predicted octanol–water partition coefficient (Wildman–Crippen LogP) is 5.18. The van der Waals surface area contributed by atoms with E-state index in [9.17, 15) is 4.79 Å². The summed E-state index contributed by atoms with van der Waals surface area (Å²) in [4.78, 5) is 14.9. The van der Waals surface area contributed by atoms with Gasteiger partial charge in [0.25, 0.3) is 5.91 Å². The maximum Gasteiger partial charge on any atom is 0.251 e. The largest absolute Gasteiger partial charge is 0.372 e. The molecule has 0 aliphatic heterocycles. The van der Waals surface area contributed by atoms with Gasteiger partial charge in [0.1, 0.15) is 0 Å². The summed E-state index contributed by atoms with van der Waals surface area (Å²) < 4.78 is 5.82. The molecule has 3 rings (SSSR count). The molecular formula is C27H32N2O2. The third kappa shape index (κ3) is 7.35. The fraction of sp³-hybridized carbons (Fsp3) is 0.296. The van der Waals surface area contributed by atoms with E-state index in [2.05, 4.69) is 42.3 Å². The zero-order valence-electron chi connectivity index (χ0n) is 18.5. The van der Waals surface area contributed by atoms with E-state index in [0.717, 1.165) is 36.3 Å². The summed E-state index contributed by atoms with van der Waals surface area (Å²) in [5.41, 5.74) is 5.24. The van der Waals surface area contributed by atoms with Crippen LogP contribution in [0.2, 0.25) is 0 Å². The summed E-state index contributed by atoms with van der Waals surface area (Å²) in [7, 11) is 0. The van der Waals surface area contributed by atoms with Crippen molar-refractivity contribution in [1.82, 2.24) is 10.2 Å². The van der Waals surface area contributed by atoms with Crippen LogP contribution in [0.4, 0.5) is 0 Å². The Bertz CT molecular complexity index is 935. The molecule has 0 saturated carbocycles. The van der Waals surface area contributed by atoms with E-state index < -0.39 is 0 Å². The van der Waals surface area contributed by atoms with Crippen molar-refractivity contribution in [1.29, 1.82) is 0 Å². The Morgan fingerprint density at radius 3 is 2.13 bits per heavy atom. The van der Waals surface area contributed by atoms with Crippen molar-refractivity contribution in [2.24, 2.45) is 0 Å². The van der Waals surface area contributed by atoms with Crippen molar-refractivity contribution in [3.8, 4) is 0 Å². The Kier molecular flexibility index (Phi) is 8.83. The lowest BCUT2D eigenvalue weighted by atomic mass is 10.1. The topological polar surface area (TPSA) is 41.6 Å². The molecule has 31 heavy (non-hydrogen) atoms. The molecular weight excluding hydrogens is 384 g/mol. The SMILES string of the molecule is CCN(CC)Cc1ccc(C(=O)NCc2cccc(COCc3ccccc3)c2)cc1. The Morgan fingerprint density at radius 1 is 0.774 bits per heavy atom. The summed E-state index contributed by atoms with van der Waals surface area (Å²) in [6, 6.07) is 26.2. The van der Waals surface area contributed by atoms with Gasteiger partial charge in [-0.05, 0) is 47.5 Å². The third-order valence-electron chi connectivity index (χ3n) is 5.34. The van der Waals surface area contributed by atoms with Gasteiger partial charge in [0, 0.05) is 18.7 Å². The summed E-state index contributed by atoms with van der Waals surface area (Å²) in [5.74, 6) is -0.0554. The maximum absolute atomic E-state index is 12.5. The van der Waals surface area contributed by atoms with Gasteiger partial charge in [-0.15, -0.1) is 0 Å². The highest BCUT2D eigenvalue weighted by Crippen LogP contribution is 2.11. The van der Waals surface area contributed by atoms with Gasteiger partial charge in [-0.1, -0.05) is 80.6 Å². The van der Waals surface area contributed by atoms with Crippen LogP contribution in [-0.2, 0) is 31.0 Å². The highest BCUT2D eigenvalue weighted by atomic mass is 16.5. The van der Waals surface area contributed by atoms with E-state index in [1.165, 1.54) is 5.56 Å². The van der Waals surface area contributed by atoms with Gasteiger partial charge >= 0.3 is 0 Å². The molecule has 0 atom stereocenters. The first-order chi connectivity index (χ1) is 15.2. The summed E-state index contributed by atoms with van der Waals surface area (Å²) in [6.07, 6.45) is 0. The number of ether oxygens (including phenoxy) is 1. The first kappa shape index (κ1) is 22.7. The number of carbonyl (C=O) groups excluding carboxylic acids is 1. The van der Waals surface area contributed by atoms with Crippen molar-refractivity contribution in [3.05, 3.63) is 107 Å². The Labute approximate surface area is 185 Å². The van der Waals surface area contributed by atoms with Crippen LogP contribution in [0, 0.1) is 0 Å². The average Bonchev–Trinajstić information content (AvgIpc) is 2.82. The lowest BCUT2D eigenvalue weighted by Gasteiger charge is -2.18. The molecule has 4 nitrogen and oxygen atoms in total. The van der Waals surface area contributed by atoms with E-state index >= 15 is 0 Å². The zero-order valence-corrected chi connectivity index (χ0v) is 18.5. The van der Waals surface area contributed by atoms with Crippen LogP contribution in [0.25, 0.3) is 0 Å². The second kappa shape index (κ2) is 12.0. The average molecular weight is 417 g/mol. The van der Waals surface area contributed by atoms with E-state index in [-0.39, 0.29) is 5.91 Å². The van der Waals surface area contributed by atoms with Crippen LogP contribution in [0.3, 0.4) is 0 Å². The minimum atomic E-state index is -0.0554. The van der Waals surface area contributed by atoms with E-state index in [0.29, 0.717) is 25.3 Å². The minimum Gasteiger partial charge on any atom is -0.372 e. The van der Waals surface area contributed by atoms with Crippen LogP contribution in [0.1, 0.15) is 46.5 Å². The number of hydrogen-bond donors (Lipinski definition) is 1. The second-order valence-electron chi connectivity index (χ2n) is 7.64. The van der Waals surface area contributed by atoms with Crippen LogP contribution in [-0.4, -0.2) is 23.9 Å². The van der Waals surface area contributed by atoms with E-state index in [4.69, 9.17) is 4.74 Å². The number of benzene rings is 3. The molecule has 0 saturated heterocycles. The smallest absolute Gasteiger partial charge is 0.251 e. The summed E-state index contributed by atoms with van der Waals surface area (Å²) >= 11 is 0. The molecule has 3 aromatic carbocycles. The van der Waals surface area contributed by atoms with Crippen molar-refractivity contribution < 1.29 is 9.53 Å². The third-order valence-corrected chi connectivity index (χ3v) is 5.34. The highest BCUT2D eigenvalue weighted by molar-refractivity contribution is 5.94. The number of amides is 1. The lowest BCUT2D eigenvalue weighted by molar-refractivity contribution is 0.0950. The number of rotatable bonds is 11. The fourth-order valence-electron chi connectivity index (χ4n) is 3.44. The van der Waals surface area contributed by atoms with Gasteiger partial charge in [-0.25, -0.2) is 0 Å². The standard InChI is InChI=1S/C27H32N2O2/c1-3-29(4-2)19-22-13-15-26(16-14-22)27(30)28-18-24-11-8-12-25(17-24)21-31-20-23-9-6-5-7-10-23/h5-17H,3-4,18-21H2,1-2H3,(H,28,30). The van der Waals surface area contributed by atoms with Gasteiger partial charge in [0.05, 0.1) is 13.2 Å². The molecule has 0 aromatic heterocycles. The lowest BCUT2D eigenvalue weighted by Crippen LogP contribution is -2.23. The molecule has 1 N–H and O–H groups in total. The van der Waals surface area contributed by atoms with Crippen molar-refractivity contribution >= 4 is 5.91 Å². The molecule has 0 unspecified atom stereocenters. The van der Waals surface area contributed by atoms with Gasteiger partial charge in [-0.2, -0.15) is 0 Å². The monoisotopic (exact) mass is 416 g/mol. The summed E-state index contributed by atoms with van der Waals surface area (Å²) in [5, 5.41) is 3.02. The molecule has 0 spiro atoms. The van der Waals surface area contributed by atoms with Gasteiger partial charge in [0.15, 0.2) is 0 Å². The quantitative estimate of drug-likeness (QED) is 0.469. The minimum absolute atomic E-state index is 0.0554. The van der Waals surface area contributed by atoms with E-state index in [1.807, 2.05) is 60.7 Å². The van der Waals surface area contributed by atoms with Crippen LogP contribution >= 0.6 is 0 Å². The van der Waals surface area contributed by atoms with Crippen molar-refractivity contribution in [2.75, 3.05) is 13.1 Å². The molecule has 0 radical (unpaired) electrons. The zero-order chi connectivity index (χ0) is 21.9. The first-order valence-electron chi connectivity index (χ1n) is 11.0. The molecule has 3 aromatic rings. The highest BCUT2D eigenvalue weighted by Gasteiger charge is 2.07. The Morgan fingerprint density at radius 2 is 1.42 bits per heavy atom. The van der Waals surface area contributed by atoms with Crippen LogP contribution in [0.5, 0.6) is 0 Å². The molecule has 0 fully saturated rings. The first-order valence-corrected chi connectivity index (χ1v) is 11.0. The molecule has 0 bridgehead atoms. The van der Waals surface area contributed by atoms with Gasteiger partial charge < -0.3 is 10.1 Å². The second-order valence-corrected chi connectivity index (χ2v) is 7.64. The van der Waals surface area contributed by atoms with E-state index in [1.54, 1.807) is 0 Å². The van der Waals surface area contributed by atoms with Crippen LogP contribution in [0.15, 0.2) is 78.9 Å².